The smallest absolute Gasteiger partial charge is 0.226 e. The first-order valence-corrected chi connectivity index (χ1v) is 19.5. The molecule has 11 rings (SSSR count). The molecule has 0 spiro atoms. The van der Waals surface area contributed by atoms with Gasteiger partial charge in [0.15, 0.2) is 5.82 Å². The Bertz CT molecular complexity index is 2530. The molecular weight excluding hydrogens is 722 g/mol. The second kappa shape index (κ2) is 12.9. The van der Waals surface area contributed by atoms with Crippen molar-refractivity contribution >= 4 is 50.9 Å². The summed E-state index contributed by atoms with van der Waals surface area (Å²) in [5.41, 5.74) is 6.20. The van der Waals surface area contributed by atoms with Gasteiger partial charge < -0.3 is 14.8 Å². The van der Waals surface area contributed by atoms with E-state index in [1.165, 1.54) is 0 Å². The summed E-state index contributed by atoms with van der Waals surface area (Å²) in [6.07, 6.45) is 6.09. The first-order valence-electron chi connectivity index (χ1n) is 18.8. The van der Waals surface area contributed by atoms with Crippen molar-refractivity contribution < 1.29 is 9.18 Å². The van der Waals surface area contributed by atoms with Gasteiger partial charge in [0.25, 0.3) is 0 Å². The number of pyridine rings is 1. The third-order valence-electron chi connectivity index (χ3n) is 12.2. The number of aryl methyl sites for hydroxylation is 2. The molecular formula is C42H37Cl2FN8O. The summed E-state index contributed by atoms with van der Waals surface area (Å²) in [6.45, 7) is 3.38. The van der Waals surface area contributed by atoms with Gasteiger partial charge in [0.1, 0.15) is 11.2 Å². The number of carbonyl (C=O) groups is 1. The maximum atomic E-state index is 17.3. The molecule has 1 amide bonds. The van der Waals surface area contributed by atoms with Crippen LogP contribution in [0.15, 0.2) is 66.9 Å². The summed E-state index contributed by atoms with van der Waals surface area (Å²) in [5, 5.41) is 24.7. The van der Waals surface area contributed by atoms with Crippen molar-refractivity contribution in [3.05, 3.63) is 99.7 Å². The molecule has 9 nitrogen and oxygen atoms in total. The highest BCUT2D eigenvalue weighted by atomic mass is 35.5. The van der Waals surface area contributed by atoms with Crippen LogP contribution in [0.4, 0.5) is 4.39 Å². The van der Waals surface area contributed by atoms with Gasteiger partial charge in [0.2, 0.25) is 5.91 Å². The normalized spacial score (nSPS) is 23.3. The van der Waals surface area contributed by atoms with Crippen LogP contribution in [0.3, 0.4) is 0 Å². The van der Waals surface area contributed by atoms with Crippen LogP contribution in [-0.2, 0) is 11.2 Å². The second-order valence-corrected chi connectivity index (χ2v) is 16.2. The first kappa shape index (κ1) is 33.7. The number of amides is 1. The summed E-state index contributed by atoms with van der Waals surface area (Å²) in [7, 11) is 0. The number of nitrogens with zero attached hydrogens (tertiary/aromatic N) is 7. The summed E-state index contributed by atoms with van der Waals surface area (Å²) >= 11 is 13.1. The van der Waals surface area contributed by atoms with Gasteiger partial charge in [0.05, 0.1) is 46.0 Å². The number of aromatic nitrogens is 5. The predicted octanol–water partition coefficient (Wildman–Crippen LogP) is 8.78. The molecule has 5 atom stereocenters. The van der Waals surface area contributed by atoms with Gasteiger partial charge in [-0.25, -0.2) is 14.1 Å². The van der Waals surface area contributed by atoms with Crippen LogP contribution in [-0.4, -0.2) is 54.5 Å². The Kier molecular flexibility index (Phi) is 8.06. The van der Waals surface area contributed by atoms with Crippen LogP contribution < -0.4 is 5.32 Å². The van der Waals surface area contributed by atoms with Crippen molar-refractivity contribution in [1.29, 1.82) is 5.26 Å². The zero-order chi connectivity index (χ0) is 36.8. The molecule has 272 valence electrons. The fourth-order valence-corrected chi connectivity index (χ4v) is 9.78. The Hall–Kier alpha value is -4.82. The average molecular weight is 760 g/mol. The number of nitriles is 1. The topological polar surface area (TPSA) is 105 Å². The third kappa shape index (κ3) is 5.27. The molecule has 3 aromatic heterocycles. The van der Waals surface area contributed by atoms with Crippen molar-refractivity contribution in [2.45, 2.75) is 69.6 Å². The van der Waals surface area contributed by atoms with Crippen LogP contribution in [0.5, 0.6) is 0 Å². The van der Waals surface area contributed by atoms with E-state index < -0.39 is 5.82 Å². The molecule has 5 aliphatic rings. The van der Waals surface area contributed by atoms with E-state index in [0.717, 1.165) is 53.7 Å². The van der Waals surface area contributed by atoms with E-state index in [-0.39, 0.29) is 53.0 Å². The van der Waals surface area contributed by atoms with E-state index in [4.69, 9.17) is 28.2 Å². The summed E-state index contributed by atoms with van der Waals surface area (Å²) < 4.78 is 21.6. The van der Waals surface area contributed by atoms with Gasteiger partial charge in [-0.05, 0) is 68.7 Å². The quantitative estimate of drug-likeness (QED) is 0.166. The monoisotopic (exact) mass is 758 g/mol. The van der Waals surface area contributed by atoms with E-state index in [1.54, 1.807) is 18.2 Å². The molecule has 2 aliphatic carbocycles. The minimum absolute atomic E-state index is 0.0408. The summed E-state index contributed by atoms with van der Waals surface area (Å²) in [6, 6.07) is 21.8. The molecule has 3 aliphatic heterocycles. The number of fused-ring (bicyclic) bond motifs is 4. The minimum atomic E-state index is -0.481. The lowest BCUT2D eigenvalue weighted by atomic mass is 9.79. The maximum Gasteiger partial charge on any atom is 0.226 e. The highest BCUT2D eigenvalue weighted by Crippen LogP contribution is 2.52. The first-order chi connectivity index (χ1) is 26.3. The lowest BCUT2D eigenvalue weighted by molar-refractivity contribution is -0.133. The molecule has 54 heavy (non-hydrogen) atoms. The number of likely N-dealkylation sites (tertiary alicyclic amines) is 1. The lowest BCUT2D eigenvalue weighted by Gasteiger charge is -2.39. The Balaban J connectivity index is 1.17. The average Bonchev–Trinajstić information content (AvgIpc) is 3.67. The van der Waals surface area contributed by atoms with Crippen LogP contribution in [0.25, 0.3) is 44.2 Å². The fraction of sp³-hybridized carbons (Fsp3) is 0.357. The van der Waals surface area contributed by atoms with Crippen molar-refractivity contribution in [2.75, 3.05) is 13.1 Å². The number of hydrogen-bond donors (Lipinski definition) is 1. The maximum absolute atomic E-state index is 17.3. The van der Waals surface area contributed by atoms with Crippen molar-refractivity contribution in [2.24, 2.45) is 11.8 Å². The standard InChI is InChI=1S/C42H37Cl2FN8O/c1-22-29-18-35(34-17-27(20-51(34)42(54)24-12-13-24)52-21-33(49-50-52)23-7-3-2-4-8-23)53(40-26-16-32(40)47-19-26)41(29)30-15-25(9-6-14-46)36(38(45)39(30)48-22)28-10-5-11-31(43)37(28)44/h2-5,7-8,10-11,15,18,21,24,26-27,32,34,40,47H,6,9,12-13,16-17,19-20H2,1H3/t26-,27+,32-,34-,40+/m1/s1. The van der Waals surface area contributed by atoms with Crippen LogP contribution in [0, 0.1) is 35.9 Å². The number of rotatable bonds is 8. The molecule has 3 aromatic carbocycles. The molecule has 6 aromatic rings. The fourth-order valence-electron chi connectivity index (χ4n) is 9.39. The van der Waals surface area contributed by atoms with E-state index in [0.29, 0.717) is 58.1 Å². The summed E-state index contributed by atoms with van der Waals surface area (Å²) in [5.74, 6) is 0.156. The number of carbonyl (C=O) groups excluding carboxylic acids is 1. The van der Waals surface area contributed by atoms with Crippen LogP contribution in [0.2, 0.25) is 10.0 Å². The van der Waals surface area contributed by atoms with Gasteiger partial charge >= 0.3 is 0 Å². The van der Waals surface area contributed by atoms with Gasteiger partial charge in [-0.15, -0.1) is 5.10 Å². The Morgan fingerprint density at radius 1 is 1.07 bits per heavy atom. The zero-order valence-electron chi connectivity index (χ0n) is 29.6. The van der Waals surface area contributed by atoms with Crippen LogP contribution in [0.1, 0.15) is 67.2 Å². The molecule has 0 unspecified atom stereocenters. The zero-order valence-corrected chi connectivity index (χ0v) is 31.2. The van der Waals surface area contributed by atoms with Crippen LogP contribution >= 0.6 is 23.2 Å². The van der Waals surface area contributed by atoms with Gasteiger partial charge in [-0.2, -0.15) is 5.26 Å². The van der Waals surface area contributed by atoms with Gasteiger partial charge in [0, 0.05) is 70.3 Å². The number of nitrogens with one attached hydrogen (secondary N) is 1. The number of halogens is 3. The predicted molar refractivity (Wildman–Crippen MR) is 207 cm³/mol. The summed E-state index contributed by atoms with van der Waals surface area (Å²) in [4.78, 5) is 21.2. The lowest BCUT2D eigenvalue weighted by Crippen LogP contribution is -2.41. The van der Waals surface area contributed by atoms with E-state index in [9.17, 15) is 10.1 Å². The third-order valence-corrected chi connectivity index (χ3v) is 13.0. The van der Waals surface area contributed by atoms with Crippen molar-refractivity contribution in [1.82, 2.24) is 34.8 Å². The second-order valence-electron chi connectivity index (χ2n) is 15.4. The molecule has 3 saturated heterocycles. The van der Waals surface area contributed by atoms with Crippen molar-refractivity contribution in [3.63, 3.8) is 0 Å². The van der Waals surface area contributed by atoms with E-state index in [2.05, 4.69) is 37.2 Å². The van der Waals surface area contributed by atoms with E-state index in [1.807, 2.05) is 54.2 Å². The highest BCUT2D eigenvalue weighted by molar-refractivity contribution is 6.43. The number of benzene rings is 3. The minimum Gasteiger partial charge on any atom is -0.337 e. The highest BCUT2D eigenvalue weighted by Gasteiger charge is 2.51. The SMILES string of the molecule is Cc1nc2c(F)c(-c3cccc(Cl)c3Cl)c(CCC#N)cc2c2c1cc([C@H]1C[C@H](n3cc(-c4ccccc4)nn3)CN1C(=O)C1CC1)n2[C@H]1[C@H]2CN[C@@H]1C2. The van der Waals surface area contributed by atoms with Gasteiger partial charge in [-0.3, -0.25) is 4.79 Å². The Morgan fingerprint density at radius 2 is 1.91 bits per heavy atom. The number of hydrogen-bond acceptors (Lipinski definition) is 6. The molecule has 5 fully saturated rings. The molecule has 2 bridgehead atoms. The Labute approximate surface area is 321 Å². The largest absolute Gasteiger partial charge is 0.337 e. The van der Waals surface area contributed by atoms with E-state index >= 15 is 4.39 Å². The molecule has 2 saturated carbocycles. The molecule has 0 radical (unpaired) electrons. The van der Waals surface area contributed by atoms with Gasteiger partial charge in [-0.1, -0.05) is 70.9 Å². The molecule has 6 heterocycles. The molecule has 1 N–H and O–H groups in total. The Morgan fingerprint density at radius 3 is 2.65 bits per heavy atom. The van der Waals surface area contributed by atoms with Crippen molar-refractivity contribution in [3.8, 4) is 28.5 Å². The molecule has 12 heteroatoms.